The van der Waals surface area contributed by atoms with Crippen molar-refractivity contribution in [1.82, 2.24) is 5.32 Å². The van der Waals surface area contributed by atoms with Crippen molar-refractivity contribution >= 4 is 17.7 Å². The summed E-state index contributed by atoms with van der Waals surface area (Å²) in [6.45, 7) is 0. The maximum absolute atomic E-state index is 12.9. The summed E-state index contributed by atoms with van der Waals surface area (Å²) in [5, 5.41) is 5.12. The molecule has 2 N–H and O–H groups in total. The molecule has 0 spiro atoms. The summed E-state index contributed by atoms with van der Waals surface area (Å²) in [5.74, 6) is -0.816. The van der Waals surface area contributed by atoms with E-state index >= 15 is 0 Å². The summed E-state index contributed by atoms with van der Waals surface area (Å²) in [4.78, 5) is 23.8. The number of carbonyl (C=O) groups excluding carboxylic acids is 2. The molecule has 3 rings (SSSR count). The first-order valence-electron chi connectivity index (χ1n) is 6.72. The molecule has 5 nitrogen and oxygen atoms in total. The fraction of sp³-hybridized carbons (Fsp3) is 0.125. The molecule has 2 aromatic carbocycles. The van der Waals surface area contributed by atoms with Crippen LogP contribution in [-0.4, -0.2) is 18.0 Å². The molecule has 1 fully saturated rings. The molecule has 1 saturated heterocycles. The molecule has 6 heteroatoms. The highest BCUT2D eigenvalue weighted by molar-refractivity contribution is 5.98. The van der Waals surface area contributed by atoms with Crippen LogP contribution in [0.4, 0.5) is 14.9 Å². The number of ether oxygens (including phenoxy) is 1. The van der Waals surface area contributed by atoms with Crippen LogP contribution in [0, 0.1) is 5.82 Å². The molecule has 2 aromatic rings. The Kier molecular flexibility index (Phi) is 3.74. The molecule has 0 aliphatic carbocycles. The molecule has 1 aliphatic heterocycles. The molecule has 2 amide bonds. The Hall–Kier alpha value is -2.89. The van der Waals surface area contributed by atoms with Crippen LogP contribution in [0.3, 0.4) is 0 Å². The van der Waals surface area contributed by atoms with Crippen LogP contribution in [0.15, 0.2) is 54.6 Å². The minimum Gasteiger partial charge on any atom is -0.439 e. The van der Waals surface area contributed by atoms with E-state index < -0.39 is 30.0 Å². The minimum absolute atomic E-state index is 0.391. The molecule has 2 unspecified atom stereocenters. The number of cyclic esters (lactones) is 1. The lowest BCUT2D eigenvalue weighted by molar-refractivity contribution is -0.119. The Morgan fingerprint density at radius 1 is 1.09 bits per heavy atom. The van der Waals surface area contributed by atoms with Gasteiger partial charge >= 0.3 is 6.09 Å². The average molecular weight is 300 g/mol. The second-order valence-electron chi connectivity index (χ2n) is 4.85. The van der Waals surface area contributed by atoms with E-state index in [0.29, 0.717) is 5.69 Å². The van der Waals surface area contributed by atoms with Crippen molar-refractivity contribution in [2.45, 2.75) is 12.1 Å². The van der Waals surface area contributed by atoms with Gasteiger partial charge in [0.25, 0.3) is 5.91 Å². The van der Waals surface area contributed by atoms with Crippen molar-refractivity contribution in [3.63, 3.8) is 0 Å². The molecule has 0 aromatic heterocycles. The summed E-state index contributed by atoms with van der Waals surface area (Å²) in [7, 11) is 0. The Morgan fingerprint density at radius 3 is 2.45 bits per heavy atom. The second-order valence-corrected chi connectivity index (χ2v) is 4.85. The zero-order valence-corrected chi connectivity index (χ0v) is 11.5. The maximum Gasteiger partial charge on any atom is 0.408 e. The Bertz CT molecular complexity index is 688. The van der Waals surface area contributed by atoms with Gasteiger partial charge in [-0.25, -0.2) is 9.18 Å². The topological polar surface area (TPSA) is 67.4 Å². The maximum atomic E-state index is 12.9. The first-order valence-corrected chi connectivity index (χ1v) is 6.72. The Morgan fingerprint density at radius 2 is 1.77 bits per heavy atom. The van der Waals surface area contributed by atoms with Crippen molar-refractivity contribution in [2.75, 3.05) is 5.32 Å². The second kappa shape index (κ2) is 5.85. The summed E-state index contributed by atoms with van der Waals surface area (Å²) in [6, 6.07) is 13.5. The first kappa shape index (κ1) is 14.1. The van der Waals surface area contributed by atoms with E-state index in [-0.39, 0.29) is 0 Å². The molecule has 112 valence electrons. The van der Waals surface area contributed by atoms with Crippen molar-refractivity contribution in [3.05, 3.63) is 66.0 Å². The molecule has 0 radical (unpaired) electrons. The third-order valence-electron chi connectivity index (χ3n) is 3.33. The van der Waals surface area contributed by atoms with Crippen molar-refractivity contribution in [3.8, 4) is 0 Å². The van der Waals surface area contributed by atoms with Crippen molar-refractivity contribution in [2.24, 2.45) is 0 Å². The van der Waals surface area contributed by atoms with E-state index in [0.717, 1.165) is 5.56 Å². The van der Waals surface area contributed by atoms with E-state index in [1.165, 1.54) is 24.3 Å². The smallest absolute Gasteiger partial charge is 0.408 e. The SMILES string of the molecule is O=C1NC(C(=O)Nc2ccc(F)cc2)C(c2ccccc2)O1. The zero-order valence-electron chi connectivity index (χ0n) is 11.5. The molecule has 1 heterocycles. The molecule has 22 heavy (non-hydrogen) atoms. The lowest BCUT2D eigenvalue weighted by atomic mass is 10.0. The van der Waals surface area contributed by atoms with Crippen LogP contribution in [0.25, 0.3) is 0 Å². The fourth-order valence-electron chi connectivity index (χ4n) is 2.28. The van der Waals surface area contributed by atoms with Crippen LogP contribution in [0.5, 0.6) is 0 Å². The van der Waals surface area contributed by atoms with Crippen molar-refractivity contribution in [1.29, 1.82) is 0 Å². The monoisotopic (exact) mass is 300 g/mol. The van der Waals surface area contributed by atoms with Gasteiger partial charge in [-0.15, -0.1) is 0 Å². The van der Waals surface area contributed by atoms with Gasteiger partial charge in [-0.05, 0) is 29.8 Å². The summed E-state index contributed by atoms with van der Waals surface area (Å²) < 4.78 is 18.0. The van der Waals surface area contributed by atoms with E-state index in [4.69, 9.17) is 4.74 Å². The standard InChI is InChI=1S/C16H13FN2O3/c17-11-6-8-12(9-7-11)18-15(20)13-14(22-16(21)19-13)10-4-2-1-3-5-10/h1-9,13-14H,(H,18,20)(H,19,21). The fourth-order valence-corrected chi connectivity index (χ4v) is 2.28. The van der Waals surface area contributed by atoms with E-state index in [1.807, 2.05) is 6.07 Å². The summed E-state index contributed by atoms with van der Waals surface area (Å²) >= 11 is 0. The number of carbonyl (C=O) groups is 2. The molecule has 2 atom stereocenters. The number of benzene rings is 2. The lowest BCUT2D eigenvalue weighted by Crippen LogP contribution is -2.40. The van der Waals surface area contributed by atoms with Crippen molar-refractivity contribution < 1.29 is 18.7 Å². The molecule has 1 aliphatic rings. The highest BCUT2D eigenvalue weighted by Crippen LogP contribution is 2.27. The number of hydrogen-bond donors (Lipinski definition) is 2. The number of nitrogens with one attached hydrogen (secondary N) is 2. The van der Waals surface area contributed by atoms with E-state index in [2.05, 4.69) is 10.6 Å². The van der Waals surface area contributed by atoms with Crippen LogP contribution >= 0.6 is 0 Å². The van der Waals surface area contributed by atoms with Gasteiger partial charge in [-0.1, -0.05) is 30.3 Å². The third kappa shape index (κ3) is 2.90. The number of halogens is 1. The molecule has 0 bridgehead atoms. The molecular weight excluding hydrogens is 287 g/mol. The zero-order chi connectivity index (χ0) is 15.5. The molecule has 0 saturated carbocycles. The van der Waals surface area contributed by atoms with E-state index in [9.17, 15) is 14.0 Å². The van der Waals surface area contributed by atoms with Gasteiger partial charge in [0.2, 0.25) is 0 Å². The predicted octanol–water partition coefficient (Wildman–Crippen LogP) is 2.61. The number of rotatable bonds is 3. The Balaban J connectivity index is 1.78. The number of amides is 2. The lowest BCUT2D eigenvalue weighted by Gasteiger charge is -2.17. The number of hydrogen-bond acceptors (Lipinski definition) is 3. The predicted molar refractivity (Wildman–Crippen MR) is 77.6 cm³/mol. The van der Waals surface area contributed by atoms with Gasteiger partial charge in [-0.3, -0.25) is 4.79 Å². The average Bonchev–Trinajstić information content (AvgIpc) is 2.92. The summed E-state index contributed by atoms with van der Waals surface area (Å²) in [5.41, 5.74) is 1.17. The van der Waals surface area contributed by atoms with Gasteiger partial charge in [0.15, 0.2) is 12.1 Å². The number of anilines is 1. The largest absolute Gasteiger partial charge is 0.439 e. The van der Waals surface area contributed by atoms with Gasteiger partial charge in [-0.2, -0.15) is 0 Å². The third-order valence-corrected chi connectivity index (χ3v) is 3.33. The van der Waals surface area contributed by atoms with Gasteiger partial charge in [0.1, 0.15) is 5.82 Å². The van der Waals surface area contributed by atoms with Crippen LogP contribution in [-0.2, 0) is 9.53 Å². The van der Waals surface area contributed by atoms with E-state index in [1.54, 1.807) is 24.3 Å². The van der Waals surface area contributed by atoms with Crippen LogP contribution < -0.4 is 10.6 Å². The van der Waals surface area contributed by atoms with Crippen LogP contribution in [0.2, 0.25) is 0 Å². The van der Waals surface area contributed by atoms with Gasteiger partial charge in [0, 0.05) is 5.69 Å². The van der Waals surface area contributed by atoms with Gasteiger partial charge in [0.05, 0.1) is 0 Å². The highest BCUT2D eigenvalue weighted by atomic mass is 19.1. The highest BCUT2D eigenvalue weighted by Gasteiger charge is 2.40. The Labute approximate surface area is 126 Å². The van der Waals surface area contributed by atoms with Crippen LogP contribution in [0.1, 0.15) is 11.7 Å². The normalized spacial score (nSPS) is 20.1. The number of alkyl carbamates (subject to hydrolysis) is 1. The quantitative estimate of drug-likeness (QED) is 0.915. The summed E-state index contributed by atoms with van der Waals surface area (Å²) in [6.07, 6.45) is -1.35. The van der Waals surface area contributed by atoms with Gasteiger partial charge < -0.3 is 15.4 Å². The molecular formula is C16H13FN2O3. The first-order chi connectivity index (χ1) is 10.6. The minimum atomic E-state index is -0.847.